The summed E-state index contributed by atoms with van der Waals surface area (Å²) in [6.07, 6.45) is 7.96. The summed E-state index contributed by atoms with van der Waals surface area (Å²) in [5.74, 6) is 0.927. The van der Waals surface area contributed by atoms with Gasteiger partial charge in [0.15, 0.2) is 0 Å². The molecule has 2 N–H and O–H groups in total. The van der Waals surface area contributed by atoms with Gasteiger partial charge in [0.1, 0.15) is 5.82 Å². The second-order valence-electron chi connectivity index (χ2n) is 3.64. The van der Waals surface area contributed by atoms with Gasteiger partial charge in [0.2, 0.25) is 0 Å². The molecule has 0 atom stereocenters. The number of nitrogens with zero attached hydrogens (tertiary/aromatic N) is 1. The highest BCUT2D eigenvalue weighted by Crippen LogP contribution is 2.05. The lowest BCUT2D eigenvalue weighted by Gasteiger charge is -2.12. The number of rotatable bonds is 3. The second-order valence-corrected chi connectivity index (χ2v) is 3.64. The molecule has 78 valence electrons. The van der Waals surface area contributed by atoms with Crippen LogP contribution in [0.4, 0.5) is 5.82 Å². The van der Waals surface area contributed by atoms with Gasteiger partial charge in [0, 0.05) is 19.3 Å². The lowest BCUT2D eigenvalue weighted by molar-refractivity contribution is 0.899. The minimum atomic E-state index is 0.841. The molecular weight excluding hydrogens is 186 g/mol. The lowest BCUT2D eigenvalue weighted by Crippen LogP contribution is -2.18. The lowest BCUT2D eigenvalue weighted by atomic mass is 10.2. The second kappa shape index (κ2) is 4.64. The van der Waals surface area contributed by atoms with Crippen LogP contribution in [0.25, 0.3) is 0 Å². The Labute approximate surface area is 89.9 Å². The highest BCUT2D eigenvalue weighted by atomic mass is 15.0. The third kappa shape index (κ3) is 2.84. The van der Waals surface area contributed by atoms with Crippen LogP contribution in [0.1, 0.15) is 5.56 Å². The quantitative estimate of drug-likeness (QED) is 0.783. The first-order valence-electron chi connectivity index (χ1n) is 5.09. The van der Waals surface area contributed by atoms with E-state index in [1.54, 1.807) is 0 Å². The number of allylic oxidation sites excluding steroid dienone is 2. The van der Waals surface area contributed by atoms with Crippen LogP contribution in [0.3, 0.4) is 0 Å². The SMILES string of the molecule is Cc1ccc(NCC2=CC=CNC2)nc1. The molecule has 0 bridgehead atoms. The summed E-state index contributed by atoms with van der Waals surface area (Å²) in [5.41, 5.74) is 2.52. The van der Waals surface area contributed by atoms with Crippen LogP contribution in [0.2, 0.25) is 0 Å². The predicted octanol–water partition coefficient (Wildman–Crippen LogP) is 1.85. The standard InChI is InChI=1S/C12H15N3/c1-10-4-5-12(14-7-10)15-9-11-3-2-6-13-8-11/h2-7,13H,8-9H2,1H3,(H,14,15). The first-order valence-corrected chi connectivity index (χ1v) is 5.09. The van der Waals surface area contributed by atoms with Crippen molar-refractivity contribution in [2.75, 3.05) is 18.4 Å². The van der Waals surface area contributed by atoms with Crippen LogP contribution < -0.4 is 10.6 Å². The molecule has 1 aromatic heterocycles. The Morgan fingerprint density at radius 3 is 3.07 bits per heavy atom. The first-order chi connectivity index (χ1) is 7.34. The van der Waals surface area contributed by atoms with Gasteiger partial charge in [-0.2, -0.15) is 0 Å². The Morgan fingerprint density at radius 2 is 2.40 bits per heavy atom. The van der Waals surface area contributed by atoms with Crippen LogP contribution >= 0.6 is 0 Å². The normalized spacial score (nSPS) is 14.3. The van der Waals surface area contributed by atoms with Crippen molar-refractivity contribution in [1.29, 1.82) is 0 Å². The fourth-order valence-corrected chi connectivity index (χ4v) is 1.40. The summed E-state index contributed by atoms with van der Waals surface area (Å²) in [5, 5.41) is 6.46. The Balaban J connectivity index is 1.90. The zero-order chi connectivity index (χ0) is 10.5. The Bertz CT molecular complexity index is 376. The molecule has 2 rings (SSSR count). The molecule has 0 saturated heterocycles. The average molecular weight is 201 g/mol. The van der Waals surface area contributed by atoms with E-state index in [-0.39, 0.29) is 0 Å². The van der Waals surface area contributed by atoms with E-state index in [2.05, 4.69) is 27.8 Å². The molecule has 15 heavy (non-hydrogen) atoms. The number of anilines is 1. The fourth-order valence-electron chi connectivity index (χ4n) is 1.40. The van der Waals surface area contributed by atoms with Crippen molar-refractivity contribution >= 4 is 5.82 Å². The molecule has 1 aliphatic heterocycles. The molecule has 0 saturated carbocycles. The van der Waals surface area contributed by atoms with Crippen molar-refractivity contribution in [2.24, 2.45) is 0 Å². The van der Waals surface area contributed by atoms with Gasteiger partial charge in [-0.25, -0.2) is 4.98 Å². The molecular formula is C12H15N3. The number of nitrogens with one attached hydrogen (secondary N) is 2. The number of aryl methyl sites for hydroxylation is 1. The van der Waals surface area contributed by atoms with E-state index in [1.807, 2.05) is 31.5 Å². The molecule has 0 aromatic carbocycles. The Morgan fingerprint density at radius 1 is 1.47 bits per heavy atom. The predicted molar refractivity (Wildman–Crippen MR) is 62.7 cm³/mol. The van der Waals surface area contributed by atoms with Crippen molar-refractivity contribution in [3.63, 3.8) is 0 Å². The highest BCUT2D eigenvalue weighted by Gasteiger charge is 1.99. The van der Waals surface area contributed by atoms with E-state index >= 15 is 0 Å². The molecule has 0 amide bonds. The summed E-state index contributed by atoms with van der Waals surface area (Å²) in [7, 11) is 0. The molecule has 0 aliphatic carbocycles. The third-order valence-electron chi connectivity index (χ3n) is 2.28. The van der Waals surface area contributed by atoms with Crippen LogP contribution in [0.5, 0.6) is 0 Å². The van der Waals surface area contributed by atoms with E-state index in [1.165, 1.54) is 11.1 Å². The molecule has 0 fully saturated rings. The summed E-state index contributed by atoms with van der Waals surface area (Å²) < 4.78 is 0. The van der Waals surface area contributed by atoms with Gasteiger partial charge in [0.05, 0.1) is 0 Å². The molecule has 1 aromatic rings. The highest BCUT2D eigenvalue weighted by molar-refractivity contribution is 5.37. The molecule has 0 unspecified atom stereocenters. The molecule has 1 aliphatic rings. The maximum Gasteiger partial charge on any atom is 0.126 e. The third-order valence-corrected chi connectivity index (χ3v) is 2.28. The maximum atomic E-state index is 4.29. The minimum absolute atomic E-state index is 0.841. The van der Waals surface area contributed by atoms with Gasteiger partial charge in [-0.15, -0.1) is 0 Å². The minimum Gasteiger partial charge on any atom is -0.387 e. The zero-order valence-corrected chi connectivity index (χ0v) is 8.83. The smallest absolute Gasteiger partial charge is 0.126 e. The maximum absolute atomic E-state index is 4.29. The number of hydrogen-bond donors (Lipinski definition) is 2. The van der Waals surface area contributed by atoms with Gasteiger partial charge in [-0.05, 0) is 36.4 Å². The van der Waals surface area contributed by atoms with Gasteiger partial charge in [0.25, 0.3) is 0 Å². The van der Waals surface area contributed by atoms with Crippen LogP contribution in [0, 0.1) is 6.92 Å². The molecule has 0 radical (unpaired) electrons. The van der Waals surface area contributed by atoms with Gasteiger partial charge in [-0.1, -0.05) is 12.1 Å². The monoisotopic (exact) mass is 201 g/mol. The summed E-state index contributed by atoms with van der Waals surface area (Å²) in [6, 6.07) is 4.06. The number of pyridine rings is 1. The topological polar surface area (TPSA) is 37.0 Å². The molecule has 3 heteroatoms. The van der Waals surface area contributed by atoms with E-state index in [9.17, 15) is 0 Å². The number of aromatic nitrogens is 1. The molecule has 3 nitrogen and oxygen atoms in total. The van der Waals surface area contributed by atoms with Gasteiger partial charge < -0.3 is 10.6 Å². The average Bonchev–Trinajstić information content (AvgIpc) is 2.30. The van der Waals surface area contributed by atoms with Crippen molar-refractivity contribution in [3.05, 3.63) is 47.8 Å². The summed E-state index contributed by atoms with van der Waals surface area (Å²) >= 11 is 0. The largest absolute Gasteiger partial charge is 0.387 e. The van der Waals surface area contributed by atoms with E-state index in [0.29, 0.717) is 0 Å². The van der Waals surface area contributed by atoms with Crippen LogP contribution in [-0.2, 0) is 0 Å². The zero-order valence-electron chi connectivity index (χ0n) is 8.83. The van der Waals surface area contributed by atoms with Gasteiger partial charge in [-0.3, -0.25) is 0 Å². The van der Waals surface area contributed by atoms with Crippen LogP contribution in [-0.4, -0.2) is 18.1 Å². The Hall–Kier alpha value is -1.77. The summed E-state index contributed by atoms with van der Waals surface area (Å²) in [4.78, 5) is 4.29. The molecule has 2 heterocycles. The van der Waals surface area contributed by atoms with E-state index < -0.39 is 0 Å². The van der Waals surface area contributed by atoms with E-state index in [0.717, 1.165) is 18.9 Å². The van der Waals surface area contributed by atoms with Gasteiger partial charge >= 0.3 is 0 Å². The van der Waals surface area contributed by atoms with E-state index in [4.69, 9.17) is 0 Å². The first kappa shape index (κ1) is 9.77. The summed E-state index contributed by atoms with van der Waals surface area (Å²) in [6.45, 7) is 3.79. The number of hydrogen-bond acceptors (Lipinski definition) is 3. The van der Waals surface area contributed by atoms with Crippen LogP contribution in [0.15, 0.2) is 42.3 Å². The molecule has 0 spiro atoms. The van der Waals surface area contributed by atoms with Crippen molar-refractivity contribution in [3.8, 4) is 0 Å². The van der Waals surface area contributed by atoms with Crippen molar-refractivity contribution < 1.29 is 0 Å². The Kier molecular flexibility index (Phi) is 3.02. The van der Waals surface area contributed by atoms with Crippen molar-refractivity contribution in [2.45, 2.75) is 6.92 Å². The fraction of sp³-hybridized carbons (Fsp3) is 0.250. The van der Waals surface area contributed by atoms with Crippen molar-refractivity contribution in [1.82, 2.24) is 10.3 Å². The number of dihydropyridines is 1.